The second-order valence-corrected chi connectivity index (χ2v) is 9.37. The molecule has 1 aliphatic heterocycles. The number of ether oxygens (including phenoxy) is 2. The minimum atomic E-state index is -3.94. The van der Waals surface area contributed by atoms with E-state index in [2.05, 4.69) is 5.32 Å². The van der Waals surface area contributed by atoms with Gasteiger partial charge >= 0.3 is 0 Å². The number of nitrogens with one attached hydrogen (secondary N) is 1. The van der Waals surface area contributed by atoms with E-state index in [1.54, 1.807) is 42.5 Å². The van der Waals surface area contributed by atoms with Crippen LogP contribution in [0.25, 0.3) is 0 Å². The van der Waals surface area contributed by atoms with E-state index < -0.39 is 15.9 Å². The van der Waals surface area contributed by atoms with Crippen molar-refractivity contribution in [2.75, 3.05) is 17.6 Å². The highest BCUT2D eigenvalue weighted by Gasteiger charge is 2.28. The van der Waals surface area contributed by atoms with Crippen LogP contribution >= 0.6 is 0 Å². The van der Waals surface area contributed by atoms with Crippen molar-refractivity contribution in [2.24, 2.45) is 0 Å². The fourth-order valence-electron chi connectivity index (χ4n) is 3.46. The minimum absolute atomic E-state index is 0.129. The highest BCUT2D eigenvalue weighted by molar-refractivity contribution is 7.92. The molecule has 0 aliphatic carbocycles. The van der Waals surface area contributed by atoms with Crippen molar-refractivity contribution in [1.82, 2.24) is 5.32 Å². The molecule has 0 saturated heterocycles. The lowest BCUT2D eigenvalue weighted by atomic mass is 10.1. The first-order valence-corrected chi connectivity index (χ1v) is 11.6. The maximum absolute atomic E-state index is 13.4. The van der Waals surface area contributed by atoms with Gasteiger partial charge in [0.2, 0.25) is 12.7 Å². The topological polar surface area (TPSA) is 84.9 Å². The fourth-order valence-corrected chi connectivity index (χ4v) is 4.96. The van der Waals surface area contributed by atoms with E-state index in [0.29, 0.717) is 17.2 Å². The molecule has 166 valence electrons. The number of carbonyl (C=O) groups excluding carboxylic acids is 1. The number of fused-ring (bicyclic) bond motifs is 1. The average Bonchev–Trinajstić information content (AvgIpc) is 3.26. The first-order valence-electron chi connectivity index (χ1n) is 10.2. The van der Waals surface area contributed by atoms with Crippen LogP contribution < -0.4 is 19.1 Å². The Morgan fingerprint density at radius 1 is 0.969 bits per heavy atom. The van der Waals surface area contributed by atoms with Crippen LogP contribution in [0.15, 0.2) is 71.6 Å². The Balaban J connectivity index is 1.57. The van der Waals surface area contributed by atoms with Gasteiger partial charge in [-0.1, -0.05) is 36.4 Å². The van der Waals surface area contributed by atoms with Crippen LogP contribution in [-0.4, -0.2) is 27.7 Å². The number of benzene rings is 3. The predicted octanol–water partition coefficient (Wildman–Crippen LogP) is 3.54. The first-order chi connectivity index (χ1) is 15.4. The van der Waals surface area contributed by atoms with E-state index in [-0.39, 0.29) is 24.8 Å². The van der Waals surface area contributed by atoms with Gasteiger partial charge in [0, 0.05) is 6.54 Å². The molecule has 0 saturated carbocycles. The highest BCUT2D eigenvalue weighted by atomic mass is 32.2. The SMILES string of the molecule is Cc1cccc(N(CC(=O)NCc2ccc3c(c2)OCO3)S(=O)(=O)c2ccccc2)c1C. The minimum Gasteiger partial charge on any atom is -0.454 e. The van der Waals surface area contributed by atoms with Crippen molar-refractivity contribution >= 4 is 21.6 Å². The number of sulfonamides is 1. The molecule has 1 aliphatic rings. The molecule has 8 heteroatoms. The molecule has 0 fully saturated rings. The van der Waals surface area contributed by atoms with Crippen LogP contribution in [0.4, 0.5) is 5.69 Å². The number of nitrogens with zero attached hydrogens (tertiary/aromatic N) is 1. The van der Waals surface area contributed by atoms with Gasteiger partial charge in [-0.2, -0.15) is 0 Å². The quantitative estimate of drug-likeness (QED) is 0.593. The molecule has 0 aromatic heterocycles. The summed E-state index contributed by atoms with van der Waals surface area (Å²) in [4.78, 5) is 13.0. The molecule has 0 atom stereocenters. The van der Waals surface area contributed by atoms with Gasteiger partial charge in [-0.05, 0) is 60.9 Å². The molecule has 4 rings (SSSR count). The van der Waals surface area contributed by atoms with Crippen LogP contribution in [0.1, 0.15) is 16.7 Å². The summed E-state index contributed by atoms with van der Waals surface area (Å²) in [5.74, 6) is 0.874. The van der Waals surface area contributed by atoms with Crippen molar-refractivity contribution in [1.29, 1.82) is 0 Å². The van der Waals surface area contributed by atoms with Crippen molar-refractivity contribution in [3.63, 3.8) is 0 Å². The Morgan fingerprint density at radius 3 is 2.50 bits per heavy atom. The van der Waals surface area contributed by atoms with Gasteiger partial charge in [-0.25, -0.2) is 8.42 Å². The fraction of sp³-hybridized carbons (Fsp3) is 0.208. The van der Waals surface area contributed by atoms with Gasteiger partial charge in [-0.3, -0.25) is 9.10 Å². The Bertz CT molecular complexity index is 1240. The second kappa shape index (κ2) is 8.92. The lowest BCUT2D eigenvalue weighted by molar-refractivity contribution is -0.119. The number of aryl methyl sites for hydroxylation is 1. The van der Waals surface area contributed by atoms with E-state index in [1.807, 2.05) is 26.0 Å². The monoisotopic (exact) mass is 452 g/mol. The molecule has 0 radical (unpaired) electrons. The number of carbonyl (C=O) groups is 1. The molecule has 1 heterocycles. The standard InChI is InChI=1S/C24H24N2O5S/c1-17-7-6-10-21(18(17)2)26(32(28,29)20-8-4-3-5-9-20)15-24(27)25-14-19-11-12-22-23(13-19)31-16-30-22/h3-13H,14-16H2,1-2H3,(H,25,27). The van der Waals surface area contributed by atoms with E-state index in [4.69, 9.17) is 9.47 Å². The van der Waals surface area contributed by atoms with Gasteiger partial charge in [0.15, 0.2) is 11.5 Å². The molecule has 1 amide bonds. The lowest BCUT2D eigenvalue weighted by Gasteiger charge is -2.26. The maximum Gasteiger partial charge on any atom is 0.264 e. The summed E-state index contributed by atoms with van der Waals surface area (Å²) in [6.45, 7) is 3.83. The summed E-state index contributed by atoms with van der Waals surface area (Å²) in [5.41, 5.74) is 3.05. The number of rotatable bonds is 7. The Kier molecular flexibility index (Phi) is 6.05. The molecule has 3 aromatic rings. The zero-order valence-electron chi connectivity index (χ0n) is 17.9. The Labute approximate surface area is 187 Å². The van der Waals surface area contributed by atoms with Crippen LogP contribution in [0.3, 0.4) is 0 Å². The Hall–Kier alpha value is -3.52. The molecule has 7 nitrogen and oxygen atoms in total. The third-order valence-corrected chi connectivity index (χ3v) is 7.16. The van der Waals surface area contributed by atoms with Gasteiger partial charge in [0.05, 0.1) is 10.6 Å². The van der Waals surface area contributed by atoms with Gasteiger partial charge in [0.1, 0.15) is 6.54 Å². The molecule has 0 spiro atoms. The average molecular weight is 453 g/mol. The third kappa shape index (κ3) is 4.40. The summed E-state index contributed by atoms with van der Waals surface area (Å²) < 4.78 is 38.7. The normalized spacial score (nSPS) is 12.4. The van der Waals surface area contributed by atoms with Crippen LogP contribution in [0.5, 0.6) is 11.5 Å². The van der Waals surface area contributed by atoms with Crippen LogP contribution in [0, 0.1) is 13.8 Å². The van der Waals surface area contributed by atoms with Gasteiger partial charge in [-0.15, -0.1) is 0 Å². The summed E-state index contributed by atoms with van der Waals surface area (Å²) >= 11 is 0. The van der Waals surface area contributed by atoms with E-state index in [0.717, 1.165) is 16.7 Å². The smallest absolute Gasteiger partial charge is 0.264 e. The van der Waals surface area contributed by atoms with Crippen LogP contribution in [-0.2, 0) is 21.4 Å². The second-order valence-electron chi connectivity index (χ2n) is 7.51. The van der Waals surface area contributed by atoms with Gasteiger partial charge in [0.25, 0.3) is 10.0 Å². The van der Waals surface area contributed by atoms with E-state index in [9.17, 15) is 13.2 Å². The Morgan fingerprint density at radius 2 is 1.72 bits per heavy atom. The van der Waals surface area contributed by atoms with Crippen molar-refractivity contribution in [3.8, 4) is 11.5 Å². The number of anilines is 1. The zero-order valence-corrected chi connectivity index (χ0v) is 18.7. The van der Waals surface area contributed by atoms with Gasteiger partial charge < -0.3 is 14.8 Å². The van der Waals surface area contributed by atoms with E-state index in [1.165, 1.54) is 16.4 Å². The molecule has 0 unspecified atom stereocenters. The van der Waals surface area contributed by atoms with Crippen LogP contribution in [0.2, 0.25) is 0 Å². The summed E-state index contributed by atoms with van der Waals surface area (Å²) in [6.07, 6.45) is 0. The lowest BCUT2D eigenvalue weighted by Crippen LogP contribution is -2.41. The van der Waals surface area contributed by atoms with Crippen molar-refractivity contribution < 1.29 is 22.7 Å². The molecule has 0 bridgehead atoms. The maximum atomic E-state index is 13.4. The predicted molar refractivity (Wildman–Crippen MR) is 121 cm³/mol. The molecule has 3 aromatic carbocycles. The first kappa shape index (κ1) is 21.7. The summed E-state index contributed by atoms with van der Waals surface area (Å²) in [6, 6.07) is 18.9. The zero-order chi connectivity index (χ0) is 22.7. The van der Waals surface area contributed by atoms with Crippen molar-refractivity contribution in [2.45, 2.75) is 25.3 Å². The summed E-state index contributed by atoms with van der Waals surface area (Å²) in [7, 11) is -3.94. The number of amides is 1. The third-order valence-electron chi connectivity index (χ3n) is 5.39. The molecule has 1 N–H and O–H groups in total. The number of hydrogen-bond acceptors (Lipinski definition) is 5. The number of hydrogen-bond donors (Lipinski definition) is 1. The molecular weight excluding hydrogens is 428 g/mol. The molecule has 32 heavy (non-hydrogen) atoms. The highest BCUT2D eigenvalue weighted by Crippen LogP contribution is 2.32. The van der Waals surface area contributed by atoms with E-state index >= 15 is 0 Å². The molecular formula is C24H24N2O5S. The largest absolute Gasteiger partial charge is 0.454 e. The summed E-state index contributed by atoms with van der Waals surface area (Å²) in [5, 5.41) is 2.81. The van der Waals surface area contributed by atoms with Crippen molar-refractivity contribution in [3.05, 3.63) is 83.4 Å².